The first kappa shape index (κ1) is 25.4. The molecule has 3 aliphatic heterocycles. The van der Waals surface area contributed by atoms with Crippen LogP contribution in [0.1, 0.15) is 43.9 Å². The highest BCUT2D eigenvalue weighted by Gasteiger charge is 2.35. The standard InChI is InChI=1S/C25H32Cl2FN7O/c1-2-3-19-15-34(24-22(27)30-21-13-29-25(36)32-23(21)31-24)10-11-35(19)18-6-8-33(9-7-18)14-16-4-5-17(26)12-20(16)28/h4-5,12,18-19H,2-3,6-11,13-15H2,1H3,(H2,29,31,32,36)/t19-/m0/s1. The molecule has 5 rings (SSSR count). The highest BCUT2D eigenvalue weighted by atomic mass is 35.5. The lowest BCUT2D eigenvalue weighted by Gasteiger charge is -2.48. The maximum absolute atomic E-state index is 14.3. The van der Waals surface area contributed by atoms with E-state index in [1.165, 1.54) is 6.07 Å². The van der Waals surface area contributed by atoms with E-state index in [2.05, 4.69) is 42.2 Å². The van der Waals surface area contributed by atoms with Crippen molar-refractivity contribution >= 4 is 40.9 Å². The van der Waals surface area contributed by atoms with Crippen molar-refractivity contribution in [3.8, 4) is 0 Å². The number of benzene rings is 1. The Kier molecular flexibility index (Phi) is 7.81. The largest absolute Gasteiger partial charge is 0.351 e. The van der Waals surface area contributed by atoms with Crippen molar-refractivity contribution in [2.24, 2.45) is 0 Å². The number of nitrogens with zero attached hydrogens (tertiary/aromatic N) is 5. The highest BCUT2D eigenvalue weighted by molar-refractivity contribution is 6.31. The molecule has 11 heteroatoms. The van der Waals surface area contributed by atoms with Gasteiger partial charge in [0.2, 0.25) is 0 Å². The first-order valence-corrected chi connectivity index (χ1v) is 13.4. The van der Waals surface area contributed by atoms with E-state index >= 15 is 0 Å². The molecule has 1 atom stereocenters. The molecule has 1 aromatic carbocycles. The Morgan fingerprint density at radius 1 is 1.14 bits per heavy atom. The van der Waals surface area contributed by atoms with E-state index in [4.69, 9.17) is 23.2 Å². The second kappa shape index (κ2) is 11.0. The molecule has 0 radical (unpaired) electrons. The van der Waals surface area contributed by atoms with E-state index in [0.717, 1.165) is 58.4 Å². The summed E-state index contributed by atoms with van der Waals surface area (Å²) in [6, 6.07) is 5.55. The molecule has 2 N–H and O–H groups in total. The molecule has 0 bridgehead atoms. The van der Waals surface area contributed by atoms with Gasteiger partial charge in [0.05, 0.1) is 6.54 Å². The normalized spacial score (nSPS) is 21.7. The zero-order valence-corrected chi connectivity index (χ0v) is 22.0. The van der Waals surface area contributed by atoms with Crippen LogP contribution in [0.4, 0.5) is 20.8 Å². The van der Waals surface area contributed by atoms with Gasteiger partial charge in [0.25, 0.3) is 0 Å². The Bertz CT molecular complexity index is 1110. The Morgan fingerprint density at radius 2 is 1.94 bits per heavy atom. The average Bonchev–Trinajstić information content (AvgIpc) is 2.86. The van der Waals surface area contributed by atoms with Crippen LogP contribution in [-0.4, -0.2) is 70.6 Å². The summed E-state index contributed by atoms with van der Waals surface area (Å²) in [5.41, 5.74) is 1.35. The molecule has 2 amide bonds. The van der Waals surface area contributed by atoms with Crippen molar-refractivity contribution in [2.45, 2.75) is 57.8 Å². The number of urea groups is 1. The maximum Gasteiger partial charge on any atom is 0.320 e. The van der Waals surface area contributed by atoms with Gasteiger partial charge in [0.1, 0.15) is 11.5 Å². The van der Waals surface area contributed by atoms with Gasteiger partial charge in [-0.25, -0.2) is 19.2 Å². The third kappa shape index (κ3) is 5.54. The number of carbonyl (C=O) groups is 1. The third-order valence-corrected chi connectivity index (χ3v) is 7.93. The molecular formula is C25H32Cl2FN7O. The lowest BCUT2D eigenvalue weighted by atomic mass is 9.97. The summed E-state index contributed by atoms with van der Waals surface area (Å²) in [6.07, 6.45) is 4.31. The Balaban J connectivity index is 1.22. The van der Waals surface area contributed by atoms with Crippen molar-refractivity contribution in [3.05, 3.63) is 45.4 Å². The molecule has 36 heavy (non-hydrogen) atoms. The second-order valence-corrected chi connectivity index (χ2v) is 10.6. The minimum Gasteiger partial charge on any atom is -0.351 e. The van der Waals surface area contributed by atoms with E-state index in [9.17, 15) is 9.18 Å². The number of anilines is 2. The van der Waals surface area contributed by atoms with Crippen LogP contribution in [0.25, 0.3) is 0 Å². The van der Waals surface area contributed by atoms with E-state index < -0.39 is 0 Å². The highest BCUT2D eigenvalue weighted by Crippen LogP contribution is 2.31. The lowest BCUT2D eigenvalue weighted by Crippen LogP contribution is -2.58. The number of amides is 2. The number of hydrogen-bond acceptors (Lipinski definition) is 6. The summed E-state index contributed by atoms with van der Waals surface area (Å²) < 4.78 is 14.3. The zero-order chi connectivity index (χ0) is 25.2. The van der Waals surface area contributed by atoms with E-state index in [1.807, 2.05) is 0 Å². The lowest BCUT2D eigenvalue weighted by molar-refractivity contribution is 0.0586. The molecule has 2 fully saturated rings. The molecule has 1 aromatic heterocycles. The summed E-state index contributed by atoms with van der Waals surface area (Å²) in [6.45, 7) is 7.59. The number of carbonyl (C=O) groups excluding carboxylic acids is 1. The molecule has 0 aliphatic carbocycles. The summed E-state index contributed by atoms with van der Waals surface area (Å²) in [5, 5.41) is 6.23. The van der Waals surface area contributed by atoms with Gasteiger partial charge in [-0.15, -0.1) is 0 Å². The molecule has 4 heterocycles. The molecular weight excluding hydrogens is 504 g/mol. The molecule has 0 spiro atoms. The van der Waals surface area contributed by atoms with Crippen LogP contribution in [0.3, 0.4) is 0 Å². The average molecular weight is 536 g/mol. The van der Waals surface area contributed by atoms with Gasteiger partial charge in [0.15, 0.2) is 16.8 Å². The van der Waals surface area contributed by atoms with Gasteiger partial charge >= 0.3 is 6.03 Å². The first-order valence-electron chi connectivity index (χ1n) is 12.7. The smallest absolute Gasteiger partial charge is 0.320 e. The number of halogens is 3. The minimum atomic E-state index is -0.274. The predicted octanol–water partition coefficient (Wildman–Crippen LogP) is 4.51. The number of nitrogens with one attached hydrogen (secondary N) is 2. The number of hydrogen-bond donors (Lipinski definition) is 2. The quantitative estimate of drug-likeness (QED) is 0.566. The third-order valence-electron chi connectivity index (χ3n) is 7.44. The van der Waals surface area contributed by atoms with Crippen LogP contribution < -0.4 is 15.5 Å². The SMILES string of the molecule is CCC[C@H]1CN(c2nc3c(nc2Cl)CNC(=O)N3)CCN1C1CCN(Cc2ccc(Cl)cc2F)CC1. The van der Waals surface area contributed by atoms with Gasteiger partial charge in [0, 0.05) is 48.8 Å². The van der Waals surface area contributed by atoms with Crippen LogP contribution in [0.15, 0.2) is 18.2 Å². The van der Waals surface area contributed by atoms with Crippen molar-refractivity contribution in [2.75, 3.05) is 42.9 Å². The summed E-state index contributed by atoms with van der Waals surface area (Å²) in [7, 11) is 0. The fourth-order valence-corrected chi connectivity index (χ4v) is 6.03. The van der Waals surface area contributed by atoms with Gasteiger partial charge in [-0.3, -0.25) is 15.1 Å². The van der Waals surface area contributed by atoms with Crippen molar-refractivity contribution in [1.29, 1.82) is 0 Å². The van der Waals surface area contributed by atoms with E-state index in [1.54, 1.807) is 12.1 Å². The number of piperazine rings is 1. The zero-order valence-electron chi connectivity index (χ0n) is 20.4. The van der Waals surface area contributed by atoms with E-state index in [0.29, 0.717) is 58.2 Å². The number of piperidine rings is 1. The number of aromatic nitrogens is 2. The van der Waals surface area contributed by atoms with E-state index in [-0.39, 0.29) is 11.8 Å². The predicted molar refractivity (Wildman–Crippen MR) is 140 cm³/mol. The van der Waals surface area contributed by atoms with Crippen LogP contribution in [0.2, 0.25) is 10.2 Å². The van der Waals surface area contributed by atoms with Crippen LogP contribution in [0.5, 0.6) is 0 Å². The first-order chi connectivity index (χ1) is 17.4. The molecule has 3 aliphatic rings. The van der Waals surface area contributed by atoms with Gasteiger partial charge < -0.3 is 10.2 Å². The minimum absolute atomic E-state index is 0.233. The van der Waals surface area contributed by atoms with Crippen LogP contribution in [-0.2, 0) is 13.1 Å². The Morgan fingerprint density at radius 3 is 2.69 bits per heavy atom. The fourth-order valence-electron chi connectivity index (χ4n) is 5.61. The van der Waals surface area contributed by atoms with Gasteiger partial charge in [-0.1, -0.05) is 42.6 Å². The number of rotatable bonds is 6. The number of likely N-dealkylation sites (tertiary alicyclic amines) is 1. The van der Waals surface area contributed by atoms with Crippen LogP contribution >= 0.6 is 23.2 Å². The molecule has 194 valence electrons. The Labute approximate surface area is 221 Å². The molecule has 2 saturated heterocycles. The topological polar surface area (TPSA) is 76.6 Å². The summed E-state index contributed by atoms with van der Waals surface area (Å²) in [4.78, 5) is 28.1. The maximum atomic E-state index is 14.3. The number of fused-ring (bicyclic) bond motifs is 1. The molecule has 0 saturated carbocycles. The van der Waals surface area contributed by atoms with Gasteiger partial charge in [-0.05, 0) is 44.5 Å². The summed E-state index contributed by atoms with van der Waals surface area (Å²) in [5.74, 6) is 0.888. The van der Waals surface area contributed by atoms with Crippen LogP contribution in [0, 0.1) is 5.82 Å². The monoisotopic (exact) mass is 535 g/mol. The summed E-state index contributed by atoms with van der Waals surface area (Å²) >= 11 is 12.4. The van der Waals surface area contributed by atoms with Crippen molar-refractivity contribution in [1.82, 2.24) is 25.1 Å². The fraction of sp³-hybridized carbons (Fsp3) is 0.560. The van der Waals surface area contributed by atoms with Crippen molar-refractivity contribution < 1.29 is 9.18 Å². The van der Waals surface area contributed by atoms with Gasteiger partial charge in [-0.2, -0.15) is 0 Å². The second-order valence-electron chi connectivity index (χ2n) is 9.81. The Hall–Kier alpha value is -2.20. The molecule has 0 unspecified atom stereocenters. The van der Waals surface area contributed by atoms with Crippen molar-refractivity contribution in [3.63, 3.8) is 0 Å². The molecule has 2 aromatic rings. The molecule has 8 nitrogen and oxygen atoms in total.